The number of aryl methyl sites for hydroxylation is 1. The van der Waals surface area contributed by atoms with Gasteiger partial charge >= 0.3 is 0 Å². The fourth-order valence-electron chi connectivity index (χ4n) is 4.58. The molecule has 3 aromatic heterocycles. The van der Waals surface area contributed by atoms with Crippen molar-refractivity contribution in [3.8, 4) is 0 Å². The van der Waals surface area contributed by atoms with Gasteiger partial charge in [0.1, 0.15) is 11.5 Å². The summed E-state index contributed by atoms with van der Waals surface area (Å²) in [6.07, 6.45) is 8.91. The summed E-state index contributed by atoms with van der Waals surface area (Å²) in [7, 11) is 4.20. The Kier molecular flexibility index (Phi) is 4.56. The van der Waals surface area contributed by atoms with E-state index < -0.39 is 0 Å². The van der Waals surface area contributed by atoms with Crippen LogP contribution in [0.4, 0.5) is 5.82 Å². The number of imidazole rings is 1. The highest BCUT2D eigenvalue weighted by molar-refractivity contribution is 5.53. The summed E-state index contributed by atoms with van der Waals surface area (Å²) < 4.78 is 4.17. The number of hydrogen-bond acceptors (Lipinski definition) is 5. The first-order chi connectivity index (χ1) is 13.7. The van der Waals surface area contributed by atoms with Gasteiger partial charge in [-0.05, 0) is 32.0 Å². The Morgan fingerprint density at radius 3 is 2.68 bits per heavy atom. The molecule has 5 heterocycles. The highest BCUT2D eigenvalue weighted by Crippen LogP contribution is 2.28. The standard InChI is InChI=1S/C21H29N7/c1-24-10-11-26(14-17-12-22-25(2)13-17)16-19(24)18-15-28-20(23-18)6-5-7-21(28)27-8-3-4-9-27/h5-7,12-13,15,19H,3-4,8-11,14,16H2,1-2H3. The molecule has 5 rings (SSSR count). The number of piperazine rings is 1. The molecule has 7 heteroatoms. The zero-order valence-corrected chi connectivity index (χ0v) is 16.8. The summed E-state index contributed by atoms with van der Waals surface area (Å²) in [5.41, 5.74) is 3.50. The summed E-state index contributed by atoms with van der Waals surface area (Å²) in [6, 6.07) is 6.80. The first-order valence-electron chi connectivity index (χ1n) is 10.3. The van der Waals surface area contributed by atoms with Crippen LogP contribution >= 0.6 is 0 Å². The van der Waals surface area contributed by atoms with Crippen LogP contribution in [0.5, 0.6) is 0 Å². The van der Waals surface area contributed by atoms with Gasteiger partial charge in [0, 0.05) is 64.3 Å². The molecule has 7 nitrogen and oxygen atoms in total. The van der Waals surface area contributed by atoms with Gasteiger partial charge < -0.3 is 4.90 Å². The van der Waals surface area contributed by atoms with Gasteiger partial charge in [-0.15, -0.1) is 0 Å². The molecule has 0 amide bonds. The van der Waals surface area contributed by atoms with Crippen molar-refractivity contribution in [2.24, 2.45) is 7.05 Å². The molecule has 0 radical (unpaired) electrons. The van der Waals surface area contributed by atoms with Gasteiger partial charge in [0.05, 0.1) is 17.9 Å². The molecular weight excluding hydrogens is 350 g/mol. The molecule has 0 spiro atoms. The minimum absolute atomic E-state index is 0.316. The first-order valence-corrected chi connectivity index (χ1v) is 10.3. The van der Waals surface area contributed by atoms with E-state index in [1.165, 1.54) is 29.9 Å². The molecule has 0 bridgehead atoms. The Labute approximate surface area is 166 Å². The summed E-state index contributed by atoms with van der Waals surface area (Å²) in [5, 5.41) is 4.31. The largest absolute Gasteiger partial charge is 0.358 e. The molecule has 0 N–H and O–H groups in total. The molecule has 1 unspecified atom stereocenters. The smallest absolute Gasteiger partial charge is 0.138 e. The average molecular weight is 380 g/mol. The summed E-state index contributed by atoms with van der Waals surface area (Å²) in [5.74, 6) is 1.28. The Hall–Kier alpha value is -2.38. The van der Waals surface area contributed by atoms with Crippen LogP contribution in [0.2, 0.25) is 0 Å². The number of rotatable bonds is 4. The van der Waals surface area contributed by atoms with Gasteiger partial charge in [0.2, 0.25) is 0 Å². The maximum Gasteiger partial charge on any atom is 0.138 e. The SMILES string of the molecule is CN1CCN(Cc2cnn(C)c2)CC1c1cn2c(N3CCCC3)cccc2n1. The van der Waals surface area contributed by atoms with Crippen molar-refractivity contribution in [2.75, 3.05) is 44.7 Å². The van der Waals surface area contributed by atoms with Crippen LogP contribution < -0.4 is 4.90 Å². The van der Waals surface area contributed by atoms with Crippen LogP contribution in [-0.2, 0) is 13.6 Å². The minimum Gasteiger partial charge on any atom is -0.358 e. The summed E-state index contributed by atoms with van der Waals surface area (Å²) >= 11 is 0. The van der Waals surface area contributed by atoms with E-state index in [1.807, 2.05) is 17.9 Å². The molecule has 2 aliphatic rings. The maximum absolute atomic E-state index is 5.02. The summed E-state index contributed by atoms with van der Waals surface area (Å²) in [6.45, 7) is 6.37. The number of pyridine rings is 1. The molecule has 2 fully saturated rings. The van der Waals surface area contributed by atoms with E-state index in [0.717, 1.165) is 44.9 Å². The maximum atomic E-state index is 5.02. The van der Waals surface area contributed by atoms with Crippen molar-refractivity contribution >= 4 is 11.5 Å². The number of aromatic nitrogens is 4. The van der Waals surface area contributed by atoms with E-state index in [2.05, 4.69) is 61.8 Å². The molecule has 2 saturated heterocycles. The lowest BCUT2D eigenvalue weighted by atomic mass is 10.1. The van der Waals surface area contributed by atoms with Crippen molar-refractivity contribution < 1.29 is 0 Å². The number of fused-ring (bicyclic) bond motifs is 1. The molecule has 148 valence electrons. The van der Waals surface area contributed by atoms with Gasteiger partial charge in [0.25, 0.3) is 0 Å². The highest BCUT2D eigenvalue weighted by atomic mass is 15.3. The zero-order chi connectivity index (χ0) is 19.1. The van der Waals surface area contributed by atoms with Crippen LogP contribution in [0.1, 0.15) is 30.1 Å². The number of hydrogen-bond donors (Lipinski definition) is 0. The zero-order valence-electron chi connectivity index (χ0n) is 16.8. The summed E-state index contributed by atoms with van der Waals surface area (Å²) in [4.78, 5) is 12.5. The van der Waals surface area contributed by atoms with E-state index in [9.17, 15) is 0 Å². The van der Waals surface area contributed by atoms with Gasteiger partial charge in [-0.1, -0.05) is 6.07 Å². The van der Waals surface area contributed by atoms with Crippen molar-refractivity contribution in [1.82, 2.24) is 29.0 Å². The van der Waals surface area contributed by atoms with E-state index in [-0.39, 0.29) is 0 Å². The third-order valence-corrected chi connectivity index (χ3v) is 6.16. The number of likely N-dealkylation sites (N-methyl/N-ethyl adjacent to an activating group) is 1. The number of anilines is 1. The predicted octanol–water partition coefficient (Wildman–Crippen LogP) is 2.16. The minimum atomic E-state index is 0.316. The second-order valence-electron chi connectivity index (χ2n) is 8.23. The normalized spacial score (nSPS) is 21.8. The quantitative estimate of drug-likeness (QED) is 0.695. The fraction of sp³-hybridized carbons (Fsp3) is 0.524. The highest BCUT2D eigenvalue weighted by Gasteiger charge is 2.28. The monoisotopic (exact) mass is 379 g/mol. The Balaban J connectivity index is 1.40. The van der Waals surface area contributed by atoms with Crippen molar-refractivity contribution in [3.63, 3.8) is 0 Å². The van der Waals surface area contributed by atoms with Gasteiger partial charge in [-0.25, -0.2) is 4.98 Å². The molecule has 0 saturated carbocycles. The van der Waals surface area contributed by atoms with Gasteiger partial charge in [-0.2, -0.15) is 5.10 Å². The fourth-order valence-corrected chi connectivity index (χ4v) is 4.58. The molecule has 0 aromatic carbocycles. The Morgan fingerprint density at radius 2 is 1.89 bits per heavy atom. The lowest BCUT2D eigenvalue weighted by Crippen LogP contribution is -2.46. The van der Waals surface area contributed by atoms with E-state index in [0.29, 0.717) is 6.04 Å². The van der Waals surface area contributed by atoms with Crippen LogP contribution in [0.15, 0.2) is 36.8 Å². The van der Waals surface area contributed by atoms with Crippen molar-refractivity contribution in [3.05, 3.63) is 48.0 Å². The van der Waals surface area contributed by atoms with E-state index in [1.54, 1.807) is 0 Å². The van der Waals surface area contributed by atoms with E-state index in [4.69, 9.17) is 4.98 Å². The molecule has 28 heavy (non-hydrogen) atoms. The average Bonchev–Trinajstić information content (AvgIpc) is 3.43. The lowest BCUT2D eigenvalue weighted by molar-refractivity contribution is 0.0885. The first kappa shape index (κ1) is 17.7. The molecular formula is C21H29N7. The molecule has 3 aromatic rings. The molecule has 0 aliphatic carbocycles. The van der Waals surface area contributed by atoms with Crippen LogP contribution in [-0.4, -0.2) is 68.7 Å². The van der Waals surface area contributed by atoms with Gasteiger partial charge in [-0.3, -0.25) is 18.9 Å². The van der Waals surface area contributed by atoms with Crippen molar-refractivity contribution in [1.29, 1.82) is 0 Å². The third-order valence-electron chi connectivity index (χ3n) is 6.16. The number of nitrogens with zero attached hydrogens (tertiary/aromatic N) is 7. The van der Waals surface area contributed by atoms with Crippen LogP contribution in [0.3, 0.4) is 0 Å². The Morgan fingerprint density at radius 1 is 1.04 bits per heavy atom. The van der Waals surface area contributed by atoms with Crippen LogP contribution in [0, 0.1) is 0 Å². The lowest BCUT2D eigenvalue weighted by Gasteiger charge is -2.38. The second-order valence-corrected chi connectivity index (χ2v) is 8.23. The van der Waals surface area contributed by atoms with E-state index >= 15 is 0 Å². The predicted molar refractivity (Wildman–Crippen MR) is 110 cm³/mol. The van der Waals surface area contributed by atoms with Crippen LogP contribution in [0.25, 0.3) is 5.65 Å². The molecule has 1 atom stereocenters. The molecule has 2 aliphatic heterocycles. The third kappa shape index (κ3) is 3.29. The topological polar surface area (TPSA) is 44.8 Å². The van der Waals surface area contributed by atoms with Crippen molar-refractivity contribution in [2.45, 2.75) is 25.4 Å². The Bertz CT molecular complexity index is 953. The van der Waals surface area contributed by atoms with Gasteiger partial charge in [0.15, 0.2) is 0 Å². The second kappa shape index (κ2) is 7.22.